The Morgan fingerprint density at radius 1 is 1.05 bits per heavy atom. The van der Waals surface area contributed by atoms with Crippen LogP contribution in [0.5, 0.6) is 0 Å². The minimum atomic E-state index is -0.198. The Kier molecular flexibility index (Phi) is 7.22. The maximum absolute atomic E-state index is 9.66. The van der Waals surface area contributed by atoms with Gasteiger partial charge in [0.2, 0.25) is 0 Å². The molecule has 0 saturated heterocycles. The summed E-state index contributed by atoms with van der Waals surface area (Å²) in [6, 6.07) is 10.3. The summed E-state index contributed by atoms with van der Waals surface area (Å²) in [5, 5.41) is 10.3. The molecule has 0 aromatic heterocycles. The van der Waals surface area contributed by atoms with Gasteiger partial charge in [-0.25, -0.2) is 0 Å². The highest BCUT2D eigenvalue weighted by molar-refractivity contribution is 6.31. The van der Waals surface area contributed by atoms with Crippen LogP contribution in [0.4, 0.5) is 0 Å². The van der Waals surface area contributed by atoms with Crippen molar-refractivity contribution < 1.29 is 0 Å². The fourth-order valence-corrected chi connectivity index (χ4v) is 2.97. The van der Waals surface area contributed by atoms with Crippen LogP contribution in [0.25, 0.3) is 0 Å². The maximum atomic E-state index is 9.66. The predicted molar refractivity (Wildman–Crippen MR) is 90.5 cm³/mol. The Morgan fingerprint density at radius 3 is 2.00 bits per heavy atom. The lowest BCUT2D eigenvalue weighted by Crippen LogP contribution is -2.41. The van der Waals surface area contributed by atoms with Crippen LogP contribution in [0, 0.1) is 23.2 Å². The van der Waals surface area contributed by atoms with Gasteiger partial charge in [0.05, 0.1) is 12.0 Å². The van der Waals surface area contributed by atoms with E-state index in [0.29, 0.717) is 16.9 Å². The molecule has 2 atom stereocenters. The number of hydrogen-bond acceptors (Lipinski definition) is 2. The van der Waals surface area contributed by atoms with Crippen LogP contribution in [0.15, 0.2) is 24.3 Å². The van der Waals surface area contributed by atoms with Crippen LogP contribution in [-0.4, -0.2) is 24.0 Å². The van der Waals surface area contributed by atoms with E-state index < -0.39 is 0 Å². The summed E-state index contributed by atoms with van der Waals surface area (Å²) in [6.45, 7) is 13.0. The minimum Gasteiger partial charge on any atom is -0.299 e. The third kappa shape index (κ3) is 5.34. The normalized spacial score (nSPS) is 14.5. The molecule has 1 aromatic rings. The Hall–Kier alpha value is -1.04. The third-order valence-electron chi connectivity index (χ3n) is 3.64. The molecule has 0 radical (unpaired) electrons. The largest absolute Gasteiger partial charge is 0.299 e. The van der Waals surface area contributed by atoms with Crippen LogP contribution in [-0.2, 0) is 0 Å². The molecule has 0 aliphatic heterocycles. The van der Waals surface area contributed by atoms with Crippen molar-refractivity contribution in [1.82, 2.24) is 4.90 Å². The molecule has 0 aliphatic carbocycles. The van der Waals surface area contributed by atoms with Gasteiger partial charge < -0.3 is 0 Å². The van der Waals surface area contributed by atoms with Crippen LogP contribution >= 0.6 is 11.6 Å². The van der Waals surface area contributed by atoms with Crippen molar-refractivity contribution in [2.45, 2.75) is 46.6 Å². The van der Waals surface area contributed by atoms with E-state index in [-0.39, 0.29) is 12.0 Å². The quantitative estimate of drug-likeness (QED) is 0.712. The van der Waals surface area contributed by atoms with E-state index in [1.807, 2.05) is 24.3 Å². The van der Waals surface area contributed by atoms with E-state index in [4.69, 9.17) is 11.6 Å². The Labute approximate surface area is 134 Å². The van der Waals surface area contributed by atoms with Crippen molar-refractivity contribution in [3.8, 4) is 6.07 Å². The van der Waals surface area contributed by atoms with Gasteiger partial charge in [-0.15, -0.1) is 0 Å². The van der Waals surface area contributed by atoms with Crippen molar-refractivity contribution >= 4 is 11.6 Å². The first-order chi connectivity index (χ1) is 9.86. The molecular formula is C18H27ClN2. The molecule has 116 valence electrons. The maximum Gasteiger partial charge on any atom is 0.0879 e. The molecule has 0 heterocycles. The van der Waals surface area contributed by atoms with E-state index in [1.54, 1.807) is 0 Å². The smallest absolute Gasteiger partial charge is 0.0879 e. The first kappa shape index (κ1) is 18.0. The minimum absolute atomic E-state index is 0.152. The summed E-state index contributed by atoms with van der Waals surface area (Å²) >= 11 is 6.29. The van der Waals surface area contributed by atoms with E-state index in [9.17, 15) is 5.26 Å². The van der Waals surface area contributed by atoms with Gasteiger partial charge in [-0.3, -0.25) is 4.90 Å². The highest BCUT2D eigenvalue weighted by atomic mass is 35.5. The second-order valence-electron chi connectivity index (χ2n) is 6.61. The molecule has 3 heteroatoms. The lowest BCUT2D eigenvalue weighted by Gasteiger charge is -2.34. The molecule has 0 N–H and O–H groups in total. The Bertz CT molecular complexity index is 466. The average Bonchev–Trinajstić information content (AvgIpc) is 2.39. The zero-order valence-corrected chi connectivity index (χ0v) is 14.6. The van der Waals surface area contributed by atoms with Gasteiger partial charge in [0.1, 0.15) is 0 Å². The molecule has 0 spiro atoms. The van der Waals surface area contributed by atoms with E-state index in [0.717, 1.165) is 18.7 Å². The summed E-state index contributed by atoms with van der Waals surface area (Å²) in [6.07, 6.45) is 0. The molecule has 0 bridgehead atoms. The summed E-state index contributed by atoms with van der Waals surface area (Å²) in [7, 11) is 0. The van der Waals surface area contributed by atoms with Crippen LogP contribution < -0.4 is 0 Å². The van der Waals surface area contributed by atoms with E-state index in [2.05, 4.69) is 45.6 Å². The van der Waals surface area contributed by atoms with Gasteiger partial charge in [0, 0.05) is 24.2 Å². The average molecular weight is 307 g/mol. The van der Waals surface area contributed by atoms with Gasteiger partial charge in [-0.2, -0.15) is 5.26 Å². The SMILES string of the molecule is CC(C)CN(CC(C)C)C(C)C(C#N)c1ccccc1Cl. The van der Waals surface area contributed by atoms with Crippen molar-refractivity contribution in [3.05, 3.63) is 34.9 Å². The summed E-state index contributed by atoms with van der Waals surface area (Å²) < 4.78 is 0. The van der Waals surface area contributed by atoms with E-state index in [1.165, 1.54) is 0 Å². The Balaban J connectivity index is 3.01. The lowest BCUT2D eigenvalue weighted by molar-refractivity contribution is 0.157. The molecule has 21 heavy (non-hydrogen) atoms. The second kappa shape index (κ2) is 8.41. The second-order valence-corrected chi connectivity index (χ2v) is 7.02. The van der Waals surface area contributed by atoms with E-state index >= 15 is 0 Å². The summed E-state index contributed by atoms with van der Waals surface area (Å²) in [5.74, 6) is 0.963. The summed E-state index contributed by atoms with van der Waals surface area (Å²) in [5.41, 5.74) is 0.937. The van der Waals surface area contributed by atoms with Crippen molar-refractivity contribution in [2.24, 2.45) is 11.8 Å². The van der Waals surface area contributed by atoms with Crippen molar-refractivity contribution in [1.29, 1.82) is 5.26 Å². The van der Waals surface area contributed by atoms with Crippen LogP contribution in [0.2, 0.25) is 5.02 Å². The van der Waals surface area contributed by atoms with Gasteiger partial charge in [0.15, 0.2) is 0 Å². The predicted octanol–water partition coefficient (Wildman–Crippen LogP) is 4.95. The molecule has 0 saturated carbocycles. The number of hydrogen-bond donors (Lipinski definition) is 0. The van der Waals surface area contributed by atoms with Crippen molar-refractivity contribution in [2.75, 3.05) is 13.1 Å². The zero-order chi connectivity index (χ0) is 16.0. The zero-order valence-electron chi connectivity index (χ0n) is 13.8. The first-order valence-electron chi connectivity index (χ1n) is 7.74. The summed E-state index contributed by atoms with van der Waals surface area (Å²) in [4.78, 5) is 2.42. The fraction of sp³-hybridized carbons (Fsp3) is 0.611. The Morgan fingerprint density at radius 2 is 1.57 bits per heavy atom. The molecule has 1 aromatic carbocycles. The topological polar surface area (TPSA) is 27.0 Å². The van der Waals surface area contributed by atoms with Crippen LogP contribution in [0.3, 0.4) is 0 Å². The molecule has 0 amide bonds. The molecule has 0 aliphatic rings. The number of rotatable bonds is 7. The fourth-order valence-electron chi connectivity index (χ4n) is 2.72. The van der Waals surface area contributed by atoms with Crippen LogP contribution in [0.1, 0.15) is 46.1 Å². The molecule has 2 unspecified atom stereocenters. The molecule has 0 fully saturated rings. The number of halogens is 1. The highest BCUT2D eigenvalue weighted by Gasteiger charge is 2.27. The van der Waals surface area contributed by atoms with Gasteiger partial charge in [0.25, 0.3) is 0 Å². The van der Waals surface area contributed by atoms with Crippen molar-refractivity contribution in [3.63, 3.8) is 0 Å². The van der Waals surface area contributed by atoms with Gasteiger partial charge in [-0.1, -0.05) is 57.5 Å². The number of nitriles is 1. The third-order valence-corrected chi connectivity index (χ3v) is 3.98. The standard InChI is InChI=1S/C18H27ClN2/c1-13(2)11-21(12-14(3)4)15(5)17(10-20)16-8-6-7-9-18(16)19/h6-9,13-15,17H,11-12H2,1-5H3. The lowest BCUT2D eigenvalue weighted by atomic mass is 9.91. The van der Waals surface area contributed by atoms with Gasteiger partial charge in [-0.05, 0) is 30.4 Å². The monoisotopic (exact) mass is 306 g/mol. The number of benzene rings is 1. The first-order valence-corrected chi connectivity index (χ1v) is 8.12. The molecule has 1 rings (SSSR count). The number of nitrogens with zero attached hydrogens (tertiary/aromatic N) is 2. The highest BCUT2D eigenvalue weighted by Crippen LogP contribution is 2.29. The molecule has 2 nitrogen and oxygen atoms in total. The van der Waals surface area contributed by atoms with Gasteiger partial charge >= 0.3 is 0 Å². The molecular weight excluding hydrogens is 280 g/mol.